The van der Waals surface area contributed by atoms with E-state index >= 15 is 0 Å². The van der Waals surface area contributed by atoms with Crippen molar-refractivity contribution >= 4 is 5.91 Å². The summed E-state index contributed by atoms with van der Waals surface area (Å²) in [6, 6.07) is 7.80. The lowest BCUT2D eigenvalue weighted by atomic mass is 10.1. The SMILES string of the molecule is CC(=O)NCCC#Cc1ccccc1C1OCCO1. The molecule has 2 rings (SSSR count). The average Bonchev–Trinajstić information content (AvgIpc) is 2.92. The number of ether oxygens (including phenoxy) is 2. The van der Waals surface area contributed by atoms with Crippen LogP contribution < -0.4 is 5.32 Å². The molecule has 4 heteroatoms. The van der Waals surface area contributed by atoms with E-state index in [4.69, 9.17) is 9.47 Å². The quantitative estimate of drug-likeness (QED) is 0.662. The van der Waals surface area contributed by atoms with Crippen molar-refractivity contribution < 1.29 is 14.3 Å². The van der Waals surface area contributed by atoms with Gasteiger partial charge in [0, 0.05) is 31.0 Å². The summed E-state index contributed by atoms with van der Waals surface area (Å²) in [7, 11) is 0. The maximum absolute atomic E-state index is 10.7. The lowest BCUT2D eigenvalue weighted by molar-refractivity contribution is -0.118. The summed E-state index contributed by atoms with van der Waals surface area (Å²) in [4.78, 5) is 10.7. The molecular weight excluding hydrogens is 242 g/mol. The van der Waals surface area contributed by atoms with Gasteiger partial charge in [0.2, 0.25) is 5.91 Å². The van der Waals surface area contributed by atoms with Gasteiger partial charge in [0.1, 0.15) is 0 Å². The van der Waals surface area contributed by atoms with E-state index in [0.717, 1.165) is 11.1 Å². The van der Waals surface area contributed by atoms with E-state index in [1.165, 1.54) is 6.92 Å². The Morgan fingerprint density at radius 3 is 2.84 bits per heavy atom. The fraction of sp³-hybridized carbons (Fsp3) is 0.400. The molecule has 0 aliphatic carbocycles. The van der Waals surface area contributed by atoms with E-state index in [9.17, 15) is 4.79 Å². The summed E-state index contributed by atoms with van der Waals surface area (Å²) in [5, 5.41) is 2.71. The Bertz CT molecular complexity index is 496. The maximum atomic E-state index is 10.7. The number of benzene rings is 1. The van der Waals surface area contributed by atoms with Gasteiger partial charge < -0.3 is 14.8 Å². The van der Waals surface area contributed by atoms with Gasteiger partial charge in [-0.25, -0.2) is 0 Å². The summed E-state index contributed by atoms with van der Waals surface area (Å²) in [6.07, 6.45) is 0.321. The third kappa shape index (κ3) is 4.09. The minimum Gasteiger partial charge on any atom is -0.355 e. The molecule has 1 aromatic carbocycles. The lowest BCUT2D eigenvalue weighted by Gasteiger charge is -2.10. The number of carbonyl (C=O) groups is 1. The van der Waals surface area contributed by atoms with Crippen molar-refractivity contribution in [2.75, 3.05) is 19.8 Å². The van der Waals surface area contributed by atoms with Gasteiger partial charge in [-0.2, -0.15) is 0 Å². The van der Waals surface area contributed by atoms with Crippen molar-refractivity contribution in [2.24, 2.45) is 0 Å². The molecule has 0 spiro atoms. The highest BCUT2D eigenvalue weighted by molar-refractivity contribution is 5.72. The van der Waals surface area contributed by atoms with Crippen LogP contribution in [0.15, 0.2) is 24.3 Å². The lowest BCUT2D eigenvalue weighted by Crippen LogP contribution is -2.20. The van der Waals surface area contributed by atoms with Gasteiger partial charge in [0.15, 0.2) is 6.29 Å². The number of rotatable bonds is 3. The zero-order valence-electron chi connectivity index (χ0n) is 10.9. The first-order valence-electron chi connectivity index (χ1n) is 6.33. The maximum Gasteiger partial charge on any atom is 0.216 e. The van der Waals surface area contributed by atoms with E-state index in [-0.39, 0.29) is 12.2 Å². The van der Waals surface area contributed by atoms with Crippen LogP contribution in [-0.4, -0.2) is 25.7 Å². The molecule has 19 heavy (non-hydrogen) atoms. The average molecular weight is 259 g/mol. The van der Waals surface area contributed by atoms with Crippen LogP contribution in [0.2, 0.25) is 0 Å². The number of hydrogen-bond donors (Lipinski definition) is 1. The molecule has 0 saturated carbocycles. The van der Waals surface area contributed by atoms with Crippen LogP contribution >= 0.6 is 0 Å². The number of carbonyl (C=O) groups excluding carboxylic acids is 1. The first kappa shape index (κ1) is 13.6. The third-order valence-electron chi connectivity index (χ3n) is 2.68. The predicted octanol–water partition coefficient (Wildman–Crippen LogP) is 1.61. The molecule has 0 unspecified atom stereocenters. The van der Waals surface area contributed by atoms with Gasteiger partial charge in [-0.05, 0) is 6.07 Å². The highest BCUT2D eigenvalue weighted by Crippen LogP contribution is 2.25. The zero-order chi connectivity index (χ0) is 13.5. The molecule has 1 fully saturated rings. The highest BCUT2D eigenvalue weighted by atomic mass is 16.7. The van der Waals surface area contributed by atoms with Crippen LogP contribution in [0, 0.1) is 11.8 Å². The van der Waals surface area contributed by atoms with E-state index in [0.29, 0.717) is 26.2 Å². The van der Waals surface area contributed by atoms with Crippen LogP contribution in [0.4, 0.5) is 0 Å². The van der Waals surface area contributed by atoms with E-state index in [2.05, 4.69) is 17.2 Å². The fourth-order valence-corrected chi connectivity index (χ4v) is 1.81. The second-order valence-electron chi connectivity index (χ2n) is 4.20. The molecular formula is C15H17NO3. The van der Waals surface area contributed by atoms with Gasteiger partial charge in [-0.1, -0.05) is 30.0 Å². The molecule has 1 heterocycles. The smallest absolute Gasteiger partial charge is 0.216 e. The van der Waals surface area contributed by atoms with Crippen molar-refractivity contribution in [3.63, 3.8) is 0 Å². The Labute approximate surface area is 113 Å². The van der Waals surface area contributed by atoms with E-state index in [1.54, 1.807) is 0 Å². The van der Waals surface area contributed by atoms with Gasteiger partial charge >= 0.3 is 0 Å². The Hall–Kier alpha value is -1.83. The van der Waals surface area contributed by atoms with Crippen LogP contribution in [0.5, 0.6) is 0 Å². The molecule has 100 valence electrons. The molecule has 1 aliphatic heterocycles. The van der Waals surface area contributed by atoms with Crippen molar-refractivity contribution in [3.05, 3.63) is 35.4 Å². The molecule has 0 aromatic heterocycles. The Morgan fingerprint density at radius 1 is 1.37 bits per heavy atom. The molecule has 1 aliphatic rings. The van der Waals surface area contributed by atoms with Crippen molar-refractivity contribution in [2.45, 2.75) is 19.6 Å². The first-order chi connectivity index (χ1) is 9.27. The van der Waals surface area contributed by atoms with Crippen LogP contribution in [-0.2, 0) is 14.3 Å². The topological polar surface area (TPSA) is 47.6 Å². The molecule has 1 N–H and O–H groups in total. The van der Waals surface area contributed by atoms with E-state index in [1.807, 2.05) is 24.3 Å². The molecule has 0 bridgehead atoms. The molecule has 0 atom stereocenters. The largest absolute Gasteiger partial charge is 0.355 e. The minimum atomic E-state index is -0.305. The molecule has 1 aromatic rings. The van der Waals surface area contributed by atoms with Gasteiger partial charge in [0.25, 0.3) is 0 Å². The summed E-state index contributed by atoms with van der Waals surface area (Å²) in [5.41, 5.74) is 1.88. The number of amides is 1. The molecule has 4 nitrogen and oxygen atoms in total. The minimum absolute atomic E-state index is 0.0324. The first-order valence-corrected chi connectivity index (χ1v) is 6.33. The highest BCUT2D eigenvalue weighted by Gasteiger charge is 2.20. The summed E-state index contributed by atoms with van der Waals surface area (Å²) in [5.74, 6) is 6.12. The second-order valence-corrected chi connectivity index (χ2v) is 4.20. The monoisotopic (exact) mass is 259 g/mol. The van der Waals surface area contributed by atoms with Gasteiger partial charge in [-0.3, -0.25) is 4.79 Å². The number of nitrogens with one attached hydrogen (secondary N) is 1. The normalized spacial score (nSPS) is 14.8. The fourth-order valence-electron chi connectivity index (χ4n) is 1.81. The van der Waals surface area contributed by atoms with Crippen LogP contribution in [0.1, 0.15) is 30.8 Å². The zero-order valence-corrected chi connectivity index (χ0v) is 10.9. The Kier molecular flexibility index (Phi) is 4.96. The summed E-state index contributed by atoms with van der Waals surface area (Å²) >= 11 is 0. The van der Waals surface area contributed by atoms with Gasteiger partial charge in [0.05, 0.1) is 13.2 Å². The van der Waals surface area contributed by atoms with Crippen LogP contribution in [0.3, 0.4) is 0 Å². The van der Waals surface area contributed by atoms with Crippen molar-refractivity contribution in [3.8, 4) is 11.8 Å². The summed E-state index contributed by atoms with van der Waals surface area (Å²) < 4.78 is 11.0. The second kappa shape index (κ2) is 6.93. The molecule has 1 saturated heterocycles. The molecule has 1 amide bonds. The molecule has 0 radical (unpaired) electrons. The summed E-state index contributed by atoms with van der Waals surface area (Å²) in [6.45, 7) is 3.31. The van der Waals surface area contributed by atoms with Crippen LogP contribution in [0.25, 0.3) is 0 Å². The predicted molar refractivity (Wildman–Crippen MR) is 71.3 cm³/mol. The Morgan fingerprint density at radius 2 is 2.11 bits per heavy atom. The van der Waals surface area contributed by atoms with E-state index < -0.39 is 0 Å². The van der Waals surface area contributed by atoms with Crippen molar-refractivity contribution in [1.29, 1.82) is 0 Å². The Balaban J connectivity index is 1.99. The van der Waals surface area contributed by atoms with Gasteiger partial charge in [-0.15, -0.1) is 0 Å². The third-order valence-corrected chi connectivity index (χ3v) is 2.68. The number of hydrogen-bond acceptors (Lipinski definition) is 3. The van der Waals surface area contributed by atoms with Crippen molar-refractivity contribution in [1.82, 2.24) is 5.32 Å². The standard InChI is InChI=1S/C15H17NO3/c1-12(17)16-9-5-4-7-13-6-2-3-8-14(13)15-18-10-11-19-15/h2-3,6,8,15H,5,9-11H2,1H3,(H,16,17).